The molecule has 8 heteroatoms. The Bertz CT molecular complexity index is 1180. The Kier molecular flexibility index (Phi) is 7.70. The zero-order valence-electron chi connectivity index (χ0n) is 21.7. The van der Waals surface area contributed by atoms with Crippen molar-refractivity contribution in [3.8, 4) is 5.69 Å². The molecule has 1 unspecified atom stereocenters. The minimum absolute atomic E-state index is 0.149. The molecule has 0 radical (unpaired) electrons. The highest BCUT2D eigenvalue weighted by Gasteiger charge is 2.30. The Morgan fingerprint density at radius 3 is 2.75 bits per heavy atom. The Balaban J connectivity index is 1.28. The molecule has 192 valence electrons. The number of nitrogens with zero attached hydrogens (tertiary/aromatic N) is 5. The van der Waals surface area contributed by atoms with E-state index in [4.69, 9.17) is 4.98 Å². The fourth-order valence-corrected chi connectivity index (χ4v) is 5.49. The van der Waals surface area contributed by atoms with Gasteiger partial charge in [0.1, 0.15) is 5.82 Å². The van der Waals surface area contributed by atoms with Gasteiger partial charge in [-0.15, -0.1) is 0 Å². The number of nitrogens with one attached hydrogen (secondary N) is 2. The minimum atomic E-state index is 0.149. The summed E-state index contributed by atoms with van der Waals surface area (Å²) < 4.78 is 2.16. The number of benzene rings is 1. The lowest BCUT2D eigenvalue weighted by Crippen LogP contribution is -2.46. The quantitative estimate of drug-likeness (QED) is 0.485. The molecule has 0 bridgehead atoms. The van der Waals surface area contributed by atoms with Crippen LogP contribution in [0.2, 0.25) is 0 Å². The number of anilines is 2. The number of carbonyl (C=O) groups is 1. The minimum Gasteiger partial charge on any atom is -0.369 e. The van der Waals surface area contributed by atoms with Gasteiger partial charge in [0.2, 0.25) is 11.9 Å². The van der Waals surface area contributed by atoms with Gasteiger partial charge >= 0.3 is 0 Å². The molecule has 2 aliphatic heterocycles. The molecule has 0 spiro atoms. The Morgan fingerprint density at radius 2 is 1.94 bits per heavy atom. The van der Waals surface area contributed by atoms with Gasteiger partial charge in [-0.25, -0.2) is 4.98 Å². The van der Waals surface area contributed by atoms with Crippen molar-refractivity contribution < 1.29 is 4.79 Å². The maximum atomic E-state index is 13.1. The molecular weight excluding hydrogens is 450 g/mol. The molecule has 2 N–H and O–H groups in total. The van der Waals surface area contributed by atoms with Crippen LogP contribution in [-0.2, 0) is 11.3 Å². The second-order valence-corrected chi connectivity index (χ2v) is 10.2. The summed E-state index contributed by atoms with van der Waals surface area (Å²) in [5.74, 6) is 2.01. The lowest BCUT2D eigenvalue weighted by Gasteiger charge is -2.36. The third-order valence-corrected chi connectivity index (χ3v) is 7.43. The van der Waals surface area contributed by atoms with Crippen molar-refractivity contribution in [1.82, 2.24) is 24.3 Å². The largest absolute Gasteiger partial charge is 0.369 e. The summed E-state index contributed by atoms with van der Waals surface area (Å²) in [6.07, 6.45) is 11.0. The van der Waals surface area contributed by atoms with Crippen LogP contribution in [0.5, 0.6) is 0 Å². The van der Waals surface area contributed by atoms with E-state index < -0.39 is 0 Å². The van der Waals surface area contributed by atoms with E-state index >= 15 is 0 Å². The molecule has 36 heavy (non-hydrogen) atoms. The summed E-state index contributed by atoms with van der Waals surface area (Å²) in [7, 11) is 1.85. The number of hydrogen-bond donors (Lipinski definition) is 2. The highest BCUT2D eigenvalue weighted by molar-refractivity contribution is 5.91. The molecule has 0 aliphatic carbocycles. The molecular formula is C28H39N7O. The topological polar surface area (TPSA) is 78.3 Å². The molecule has 1 aromatic carbocycles. The Hall–Kier alpha value is -3.13. The monoisotopic (exact) mass is 489 g/mol. The van der Waals surface area contributed by atoms with Gasteiger partial charge in [0, 0.05) is 63.2 Å². The van der Waals surface area contributed by atoms with E-state index in [1.165, 1.54) is 12.0 Å². The highest BCUT2D eigenvalue weighted by atomic mass is 16.2. The molecule has 2 fully saturated rings. The number of piperidine rings is 2. The van der Waals surface area contributed by atoms with Crippen LogP contribution in [0.25, 0.3) is 16.6 Å². The van der Waals surface area contributed by atoms with E-state index in [1.54, 1.807) is 0 Å². The number of rotatable bonds is 8. The lowest BCUT2D eigenvalue weighted by molar-refractivity contribution is -0.138. The first-order valence-corrected chi connectivity index (χ1v) is 13.6. The van der Waals surface area contributed by atoms with E-state index in [9.17, 15) is 4.79 Å². The zero-order valence-corrected chi connectivity index (χ0v) is 21.7. The summed E-state index contributed by atoms with van der Waals surface area (Å²) in [4.78, 5) is 26.9. The first-order chi connectivity index (χ1) is 17.6. The summed E-state index contributed by atoms with van der Waals surface area (Å²) in [5, 5.41) is 7.52. The van der Waals surface area contributed by atoms with Gasteiger partial charge in [-0.3, -0.25) is 9.69 Å². The Labute approximate surface area is 214 Å². The molecule has 1 amide bonds. The van der Waals surface area contributed by atoms with Gasteiger partial charge < -0.3 is 20.1 Å². The van der Waals surface area contributed by atoms with E-state index in [0.29, 0.717) is 11.9 Å². The van der Waals surface area contributed by atoms with Crippen LogP contribution in [0.1, 0.15) is 51.0 Å². The van der Waals surface area contributed by atoms with Gasteiger partial charge in [0.05, 0.1) is 11.4 Å². The van der Waals surface area contributed by atoms with Crippen LogP contribution in [0, 0.1) is 5.92 Å². The predicted octanol–water partition coefficient (Wildman–Crippen LogP) is 4.51. The first kappa shape index (κ1) is 24.6. The number of amides is 1. The van der Waals surface area contributed by atoms with E-state index in [1.807, 2.05) is 7.05 Å². The molecule has 5 rings (SSSR count). The fraction of sp³-hybridized carbons (Fsp3) is 0.536. The van der Waals surface area contributed by atoms with E-state index in [0.717, 1.165) is 93.8 Å². The summed E-state index contributed by atoms with van der Waals surface area (Å²) in [6, 6.07) is 8.53. The molecule has 1 atom stereocenters. The molecule has 2 aromatic heterocycles. The van der Waals surface area contributed by atoms with Gasteiger partial charge in [-0.2, -0.15) is 4.98 Å². The van der Waals surface area contributed by atoms with Crippen LogP contribution < -0.4 is 10.6 Å². The van der Waals surface area contributed by atoms with Gasteiger partial charge in [0.15, 0.2) is 0 Å². The maximum absolute atomic E-state index is 13.1. The number of carbonyl (C=O) groups excluding carboxylic acids is 1. The van der Waals surface area contributed by atoms with Crippen molar-refractivity contribution in [2.75, 3.05) is 50.4 Å². The van der Waals surface area contributed by atoms with Gasteiger partial charge in [-0.1, -0.05) is 6.92 Å². The normalized spacial score (nSPS) is 18.9. The van der Waals surface area contributed by atoms with Crippen molar-refractivity contribution in [1.29, 1.82) is 0 Å². The molecule has 4 heterocycles. The third-order valence-electron chi connectivity index (χ3n) is 7.43. The second kappa shape index (κ2) is 11.3. The van der Waals surface area contributed by atoms with E-state index in [-0.39, 0.29) is 5.92 Å². The fourth-order valence-electron chi connectivity index (χ4n) is 5.49. The number of likely N-dealkylation sites (tertiary alicyclic amines) is 2. The van der Waals surface area contributed by atoms with Crippen molar-refractivity contribution in [2.45, 2.75) is 52.0 Å². The predicted molar refractivity (Wildman–Crippen MR) is 146 cm³/mol. The van der Waals surface area contributed by atoms with Crippen LogP contribution in [0.15, 0.2) is 36.7 Å². The van der Waals surface area contributed by atoms with Crippen LogP contribution in [0.4, 0.5) is 11.8 Å². The lowest BCUT2D eigenvalue weighted by atomic mass is 9.95. The first-order valence-electron chi connectivity index (χ1n) is 13.6. The second-order valence-electron chi connectivity index (χ2n) is 10.2. The van der Waals surface area contributed by atoms with Gasteiger partial charge in [0.25, 0.3) is 0 Å². The van der Waals surface area contributed by atoms with E-state index in [2.05, 4.69) is 73.6 Å². The smallest absolute Gasteiger partial charge is 0.226 e. The maximum Gasteiger partial charge on any atom is 0.226 e. The van der Waals surface area contributed by atoms with Crippen LogP contribution in [-0.4, -0.2) is 70.0 Å². The van der Waals surface area contributed by atoms with Crippen LogP contribution >= 0.6 is 0 Å². The third kappa shape index (κ3) is 5.48. The summed E-state index contributed by atoms with van der Waals surface area (Å²) in [6.45, 7) is 7.71. The Morgan fingerprint density at radius 1 is 1.08 bits per heavy atom. The zero-order chi connectivity index (χ0) is 24.9. The molecule has 2 aliphatic rings. The summed E-state index contributed by atoms with van der Waals surface area (Å²) in [5.41, 5.74) is 3.26. The average molecular weight is 490 g/mol. The SMILES string of the molecule is CCCNc1nc(NC)nc2cc(-n3ccc(CN4CCCC(C(=O)N5CCCCC5)C4)c3)ccc12. The van der Waals surface area contributed by atoms with Crippen LogP contribution in [0.3, 0.4) is 0 Å². The highest BCUT2D eigenvalue weighted by Crippen LogP contribution is 2.26. The number of fused-ring (bicyclic) bond motifs is 1. The van der Waals surface area contributed by atoms with Crippen molar-refractivity contribution in [3.63, 3.8) is 0 Å². The number of hydrogen-bond acceptors (Lipinski definition) is 6. The standard InChI is InChI=1S/C28H39N7O/c1-3-12-30-26-24-10-9-23(17-25(24)31-28(29-2)32-26)35-16-11-21(19-35)18-33-13-7-8-22(20-33)27(36)34-14-5-4-6-15-34/h9-11,16-17,19,22H,3-8,12-15,18,20H2,1-2H3,(H2,29,30,31,32). The average Bonchev–Trinajstić information content (AvgIpc) is 3.39. The number of aromatic nitrogens is 3. The molecule has 2 saturated heterocycles. The van der Waals surface area contributed by atoms with Gasteiger partial charge in [-0.05, 0) is 74.9 Å². The molecule has 3 aromatic rings. The van der Waals surface area contributed by atoms with Crippen molar-refractivity contribution in [2.24, 2.45) is 5.92 Å². The molecule has 0 saturated carbocycles. The van der Waals surface area contributed by atoms with Crippen molar-refractivity contribution in [3.05, 3.63) is 42.2 Å². The van der Waals surface area contributed by atoms with Crippen molar-refractivity contribution >= 4 is 28.6 Å². The summed E-state index contributed by atoms with van der Waals surface area (Å²) >= 11 is 0. The molecule has 8 nitrogen and oxygen atoms in total.